The first-order valence-electron chi connectivity index (χ1n) is 5.13. The van der Waals surface area contributed by atoms with Gasteiger partial charge < -0.3 is 5.73 Å². The van der Waals surface area contributed by atoms with E-state index < -0.39 is 0 Å². The van der Waals surface area contributed by atoms with E-state index in [2.05, 4.69) is 26.9 Å². The van der Waals surface area contributed by atoms with Crippen LogP contribution in [0.5, 0.6) is 0 Å². The van der Waals surface area contributed by atoms with E-state index in [1.807, 2.05) is 12.2 Å². The van der Waals surface area contributed by atoms with Crippen LogP contribution in [0.25, 0.3) is 0 Å². The number of rotatable bonds is 3. The van der Waals surface area contributed by atoms with E-state index >= 15 is 0 Å². The molecule has 1 aliphatic heterocycles. The molecule has 0 spiro atoms. The summed E-state index contributed by atoms with van der Waals surface area (Å²) in [6.07, 6.45) is 8.36. The first kappa shape index (κ1) is 10.9. The van der Waals surface area contributed by atoms with Gasteiger partial charge in [-0.15, -0.1) is 10.2 Å². The van der Waals surface area contributed by atoms with Gasteiger partial charge in [0.15, 0.2) is 10.3 Å². The molecular weight excluding hydrogens is 256 g/mol. The van der Waals surface area contributed by atoms with Crippen molar-refractivity contribution in [3.63, 3.8) is 0 Å². The van der Waals surface area contributed by atoms with E-state index in [0.717, 1.165) is 10.3 Å². The first-order valence-corrected chi connectivity index (χ1v) is 7.00. The maximum atomic E-state index is 10.8. The zero-order valence-corrected chi connectivity index (χ0v) is 10.4. The summed E-state index contributed by atoms with van der Waals surface area (Å²) in [4.78, 5) is 10.8. The van der Waals surface area contributed by atoms with E-state index in [0.29, 0.717) is 5.25 Å². The van der Waals surface area contributed by atoms with Gasteiger partial charge in [0.05, 0.1) is 17.0 Å². The molecule has 2 heterocycles. The summed E-state index contributed by atoms with van der Waals surface area (Å²) in [5.74, 6) is -0.103. The Morgan fingerprint density at radius 1 is 1.47 bits per heavy atom. The van der Waals surface area contributed by atoms with Crippen LogP contribution in [0.2, 0.25) is 0 Å². The second-order valence-electron chi connectivity index (χ2n) is 3.73. The second-order valence-corrected chi connectivity index (χ2v) is 5.82. The fourth-order valence-electron chi connectivity index (χ4n) is 1.87. The van der Waals surface area contributed by atoms with Crippen LogP contribution in [0.1, 0.15) is 6.04 Å². The molecule has 0 radical (unpaired) electrons. The summed E-state index contributed by atoms with van der Waals surface area (Å²) in [5.41, 5.74) is 5.14. The van der Waals surface area contributed by atoms with E-state index in [4.69, 9.17) is 5.73 Å². The van der Waals surface area contributed by atoms with Crippen molar-refractivity contribution < 1.29 is 4.79 Å². The summed E-state index contributed by atoms with van der Waals surface area (Å²) in [5, 5.41) is 10.3. The SMILES string of the molecule is NC(=O)CSc1nnc2n1C1C=CC=CC1S2. The molecule has 0 fully saturated rings. The van der Waals surface area contributed by atoms with Gasteiger partial charge in [0.25, 0.3) is 0 Å². The Hall–Kier alpha value is -1.21. The quantitative estimate of drug-likeness (QED) is 0.826. The summed E-state index contributed by atoms with van der Waals surface area (Å²) < 4.78 is 2.07. The Labute approximate surface area is 107 Å². The molecule has 1 aromatic heterocycles. The van der Waals surface area contributed by atoms with Gasteiger partial charge in [0.2, 0.25) is 5.91 Å². The average Bonchev–Trinajstić information content (AvgIpc) is 2.84. The molecule has 17 heavy (non-hydrogen) atoms. The maximum Gasteiger partial charge on any atom is 0.227 e. The number of allylic oxidation sites excluding steroid dienone is 3. The predicted octanol–water partition coefficient (Wildman–Crippen LogP) is 0.997. The Morgan fingerprint density at radius 2 is 2.29 bits per heavy atom. The normalized spacial score (nSPS) is 24.7. The summed E-state index contributed by atoms with van der Waals surface area (Å²) in [6, 6.07) is 0.255. The lowest BCUT2D eigenvalue weighted by Gasteiger charge is -2.16. The zero-order chi connectivity index (χ0) is 11.8. The fourth-order valence-corrected chi connectivity index (χ4v) is 3.82. The molecule has 1 amide bonds. The Bertz CT molecular complexity index is 522. The third-order valence-electron chi connectivity index (χ3n) is 2.57. The van der Waals surface area contributed by atoms with E-state index in [1.54, 1.807) is 11.8 Å². The molecule has 1 aromatic rings. The third kappa shape index (κ3) is 1.89. The van der Waals surface area contributed by atoms with E-state index in [9.17, 15) is 4.79 Å². The van der Waals surface area contributed by atoms with Crippen LogP contribution in [0.4, 0.5) is 0 Å². The highest BCUT2D eigenvalue weighted by atomic mass is 32.2. The van der Waals surface area contributed by atoms with Gasteiger partial charge in [-0.1, -0.05) is 47.8 Å². The standard InChI is InChI=1S/C10H10N4OS2/c11-8(15)5-16-9-12-13-10-14(9)6-3-1-2-4-7(6)17-10/h1-4,6-7H,5H2,(H2,11,15). The lowest BCUT2D eigenvalue weighted by Crippen LogP contribution is -2.16. The number of thioether (sulfide) groups is 2. The molecule has 0 aromatic carbocycles. The number of fused-ring (bicyclic) bond motifs is 3. The molecule has 2 N–H and O–H groups in total. The summed E-state index contributed by atoms with van der Waals surface area (Å²) >= 11 is 3.04. The van der Waals surface area contributed by atoms with Crippen molar-refractivity contribution >= 4 is 29.4 Å². The minimum atomic E-state index is -0.339. The van der Waals surface area contributed by atoms with Crippen molar-refractivity contribution in [3.8, 4) is 0 Å². The van der Waals surface area contributed by atoms with E-state index in [-0.39, 0.29) is 17.7 Å². The number of nitrogens with zero attached hydrogens (tertiary/aromatic N) is 3. The molecule has 5 nitrogen and oxygen atoms in total. The third-order valence-corrected chi connectivity index (χ3v) is 4.74. The maximum absolute atomic E-state index is 10.8. The van der Waals surface area contributed by atoms with E-state index in [1.165, 1.54) is 11.8 Å². The fraction of sp³-hybridized carbons (Fsp3) is 0.300. The number of hydrogen-bond donors (Lipinski definition) is 1. The van der Waals surface area contributed by atoms with Gasteiger partial charge in [0, 0.05) is 0 Å². The van der Waals surface area contributed by atoms with Crippen molar-refractivity contribution in [1.29, 1.82) is 0 Å². The Kier molecular flexibility index (Phi) is 2.71. The number of carbonyl (C=O) groups is 1. The van der Waals surface area contributed by atoms with Gasteiger partial charge in [-0.05, 0) is 0 Å². The largest absolute Gasteiger partial charge is 0.369 e. The van der Waals surface area contributed by atoms with Gasteiger partial charge in [-0.3, -0.25) is 9.36 Å². The Balaban J connectivity index is 1.88. The van der Waals surface area contributed by atoms with Gasteiger partial charge in [0.1, 0.15) is 0 Å². The van der Waals surface area contributed by atoms with Crippen molar-refractivity contribution in [2.75, 3.05) is 5.75 Å². The van der Waals surface area contributed by atoms with Crippen LogP contribution in [-0.4, -0.2) is 31.7 Å². The topological polar surface area (TPSA) is 73.8 Å². The molecule has 2 aliphatic rings. The lowest BCUT2D eigenvalue weighted by molar-refractivity contribution is -0.115. The number of aromatic nitrogens is 3. The zero-order valence-electron chi connectivity index (χ0n) is 8.81. The minimum Gasteiger partial charge on any atom is -0.369 e. The van der Waals surface area contributed by atoms with Crippen LogP contribution in [-0.2, 0) is 4.79 Å². The lowest BCUT2D eigenvalue weighted by atomic mass is 10.1. The first-order chi connectivity index (χ1) is 8.25. The van der Waals surface area contributed by atoms with Crippen LogP contribution in [0, 0.1) is 0 Å². The molecule has 3 rings (SSSR count). The van der Waals surface area contributed by atoms with Gasteiger partial charge >= 0.3 is 0 Å². The second kappa shape index (κ2) is 4.23. The van der Waals surface area contributed by atoms with Crippen LogP contribution < -0.4 is 5.73 Å². The predicted molar refractivity (Wildman–Crippen MR) is 66.9 cm³/mol. The Morgan fingerprint density at radius 3 is 3.12 bits per heavy atom. The number of nitrogens with two attached hydrogens (primary N) is 1. The number of hydrogen-bond acceptors (Lipinski definition) is 5. The molecule has 88 valence electrons. The van der Waals surface area contributed by atoms with Crippen molar-refractivity contribution in [2.24, 2.45) is 5.73 Å². The number of primary amides is 1. The highest BCUT2D eigenvalue weighted by Crippen LogP contribution is 2.44. The minimum absolute atomic E-state index is 0.236. The highest BCUT2D eigenvalue weighted by Gasteiger charge is 2.34. The molecule has 1 aliphatic carbocycles. The molecule has 7 heteroatoms. The van der Waals surface area contributed by atoms with Crippen LogP contribution >= 0.6 is 23.5 Å². The van der Waals surface area contributed by atoms with Crippen molar-refractivity contribution in [1.82, 2.24) is 14.8 Å². The van der Waals surface area contributed by atoms with Crippen molar-refractivity contribution in [3.05, 3.63) is 24.3 Å². The molecule has 0 saturated carbocycles. The van der Waals surface area contributed by atoms with Gasteiger partial charge in [-0.25, -0.2) is 0 Å². The molecule has 2 unspecified atom stereocenters. The summed E-state index contributed by atoms with van der Waals surface area (Å²) in [6.45, 7) is 0. The molecule has 0 bridgehead atoms. The molecular formula is C10H10N4OS2. The smallest absolute Gasteiger partial charge is 0.227 e. The average molecular weight is 266 g/mol. The number of carbonyl (C=O) groups excluding carboxylic acids is 1. The van der Waals surface area contributed by atoms with Crippen LogP contribution in [0.3, 0.4) is 0 Å². The monoisotopic (exact) mass is 266 g/mol. The van der Waals surface area contributed by atoms with Crippen LogP contribution in [0.15, 0.2) is 34.6 Å². The molecule has 2 atom stereocenters. The summed E-state index contributed by atoms with van der Waals surface area (Å²) in [7, 11) is 0. The highest BCUT2D eigenvalue weighted by molar-refractivity contribution is 8.00. The van der Waals surface area contributed by atoms with Gasteiger partial charge in [-0.2, -0.15) is 0 Å². The number of amides is 1. The molecule has 0 saturated heterocycles. The van der Waals surface area contributed by atoms with Crippen molar-refractivity contribution in [2.45, 2.75) is 21.6 Å².